The van der Waals surface area contributed by atoms with Gasteiger partial charge in [-0.05, 0) is 76.4 Å². The zero-order valence-corrected chi connectivity index (χ0v) is 26.2. The van der Waals surface area contributed by atoms with Gasteiger partial charge in [0, 0.05) is 18.1 Å². The lowest BCUT2D eigenvalue weighted by Crippen LogP contribution is -2.83. The second kappa shape index (κ2) is 11.6. The Morgan fingerprint density at radius 3 is 2.39 bits per heavy atom. The molecule has 4 heteroatoms. The van der Waals surface area contributed by atoms with Crippen LogP contribution >= 0.6 is 0 Å². The minimum absolute atomic E-state index is 0.184. The molecular formula is C42H38N4+2. The number of quaternary nitrogens is 1. The summed E-state index contributed by atoms with van der Waals surface area (Å²) < 4.78 is 0. The molecule has 2 aliphatic heterocycles. The Kier molecular flexibility index (Phi) is 7.08. The summed E-state index contributed by atoms with van der Waals surface area (Å²) in [6.07, 6.45) is 16.1. The number of allylic oxidation sites excluding steroid dienone is 6. The molecule has 4 nitrogen and oxygen atoms in total. The van der Waals surface area contributed by atoms with Crippen LogP contribution in [0.3, 0.4) is 0 Å². The average molecular weight is 599 g/mol. The third-order valence-electron chi connectivity index (χ3n) is 9.57. The first kappa shape index (κ1) is 28.2. The molecule has 1 aliphatic carbocycles. The van der Waals surface area contributed by atoms with Gasteiger partial charge in [0.15, 0.2) is 0 Å². The number of benzene rings is 5. The normalized spacial score (nSPS) is 22.3. The van der Waals surface area contributed by atoms with Gasteiger partial charge in [0.2, 0.25) is 12.0 Å². The monoisotopic (exact) mass is 598 g/mol. The van der Waals surface area contributed by atoms with E-state index >= 15 is 0 Å². The first-order valence-electron chi connectivity index (χ1n) is 16.2. The zero-order chi connectivity index (χ0) is 31.1. The van der Waals surface area contributed by atoms with Gasteiger partial charge >= 0.3 is 0 Å². The van der Waals surface area contributed by atoms with Crippen molar-refractivity contribution in [2.45, 2.75) is 32.5 Å². The number of hydrogen-bond acceptors (Lipinski definition) is 2. The standard InChI is InChI=1S/C42H36N4/c1-28-14-13-21-38(43-28)35-23-22-31(27-37(35)36-26-30-17-7-8-18-32(30)33-19-9-10-20-34(33)36)40-44-39(29-15-5-3-6-16-29)45-41(46-40)42(2)24-11-4-12-25-42/h3-24,26-27,38-39,43H,25H2,1-2H3,(H,44,45,46)/p+2. The fourth-order valence-electron chi connectivity index (χ4n) is 7.05. The molecule has 3 atom stereocenters. The maximum absolute atomic E-state index is 5.25. The van der Waals surface area contributed by atoms with Gasteiger partial charge in [0.1, 0.15) is 11.7 Å². The van der Waals surface area contributed by atoms with Crippen LogP contribution < -0.4 is 15.6 Å². The van der Waals surface area contributed by atoms with Crippen LogP contribution in [-0.2, 0) is 0 Å². The van der Waals surface area contributed by atoms with Crippen molar-refractivity contribution >= 4 is 33.2 Å². The Morgan fingerprint density at radius 2 is 1.59 bits per heavy atom. The quantitative estimate of drug-likeness (QED) is 0.192. The number of nitrogens with two attached hydrogens (primary N) is 1. The molecule has 4 N–H and O–H groups in total. The molecular weight excluding hydrogens is 560 g/mol. The van der Waals surface area contributed by atoms with E-state index < -0.39 is 0 Å². The van der Waals surface area contributed by atoms with Crippen LogP contribution in [0.4, 0.5) is 0 Å². The molecule has 0 radical (unpaired) electrons. The van der Waals surface area contributed by atoms with Crippen molar-refractivity contribution in [2.24, 2.45) is 10.4 Å². The Bertz CT molecular complexity index is 2160. The molecule has 0 spiro atoms. The summed E-state index contributed by atoms with van der Waals surface area (Å²) in [6, 6.07) is 37.6. The van der Waals surface area contributed by atoms with E-state index in [1.807, 2.05) is 0 Å². The third-order valence-corrected chi connectivity index (χ3v) is 9.57. The SMILES string of the molecule is CC1=CC=CC(c2ccc(C3=[NH+]C(c4ccccc4)N=C(C4(C)C=CC=CC4)N3)cc2-c2cc3ccccc3c3ccccc23)[NH2+]1. The molecule has 5 aromatic rings. The van der Waals surface area contributed by atoms with E-state index in [2.05, 4.69) is 175 Å². The second-order valence-corrected chi connectivity index (χ2v) is 12.8. The van der Waals surface area contributed by atoms with E-state index in [0.29, 0.717) is 0 Å². The smallest absolute Gasteiger partial charge is 0.283 e. The van der Waals surface area contributed by atoms with Crippen molar-refractivity contribution in [1.29, 1.82) is 0 Å². The van der Waals surface area contributed by atoms with Gasteiger partial charge in [-0.15, -0.1) is 0 Å². The lowest BCUT2D eigenvalue weighted by Gasteiger charge is -2.29. The highest BCUT2D eigenvalue weighted by atomic mass is 15.2. The topological polar surface area (TPSA) is 55.0 Å². The molecule has 2 heterocycles. The molecule has 3 aliphatic rings. The van der Waals surface area contributed by atoms with Gasteiger partial charge in [-0.25, -0.2) is 10.3 Å². The van der Waals surface area contributed by atoms with Crippen LogP contribution in [0, 0.1) is 5.41 Å². The van der Waals surface area contributed by atoms with Crippen LogP contribution in [0.15, 0.2) is 156 Å². The van der Waals surface area contributed by atoms with E-state index in [4.69, 9.17) is 4.99 Å². The predicted molar refractivity (Wildman–Crippen MR) is 190 cm³/mol. The Hall–Kier alpha value is -5.32. The number of aliphatic imine (C=N–C) groups is 1. The molecule has 0 fully saturated rings. The summed E-state index contributed by atoms with van der Waals surface area (Å²) in [5, 5.41) is 11.2. The average Bonchev–Trinajstić information content (AvgIpc) is 3.11. The third kappa shape index (κ3) is 5.11. The Balaban J connectivity index is 1.32. The van der Waals surface area contributed by atoms with Crippen molar-refractivity contribution in [2.75, 3.05) is 0 Å². The van der Waals surface area contributed by atoms with E-state index in [9.17, 15) is 0 Å². The number of hydrogen-bond donors (Lipinski definition) is 3. The molecule has 224 valence electrons. The maximum Gasteiger partial charge on any atom is 0.283 e. The van der Waals surface area contributed by atoms with Crippen molar-refractivity contribution in [3.8, 4) is 11.1 Å². The van der Waals surface area contributed by atoms with E-state index in [1.165, 1.54) is 43.9 Å². The number of nitrogens with zero attached hydrogens (tertiary/aromatic N) is 1. The molecule has 46 heavy (non-hydrogen) atoms. The summed E-state index contributed by atoms with van der Waals surface area (Å²) >= 11 is 0. The van der Waals surface area contributed by atoms with Crippen LogP contribution in [0.25, 0.3) is 32.7 Å². The zero-order valence-electron chi connectivity index (χ0n) is 26.2. The van der Waals surface area contributed by atoms with Gasteiger partial charge in [-0.2, -0.15) is 4.99 Å². The van der Waals surface area contributed by atoms with Crippen LogP contribution in [0.1, 0.15) is 49.2 Å². The molecule has 0 bridgehead atoms. The minimum atomic E-state index is -0.224. The van der Waals surface area contributed by atoms with Gasteiger partial charge in [0.05, 0.1) is 11.0 Å². The van der Waals surface area contributed by atoms with Crippen LogP contribution in [0.2, 0.25) is 0 Å². The van der Waals surface area contributed by atoms with Crippen molar-refractivity contribution in [3.63, 3.8) is 0 Å². The molecule has 5 aromatic carbocycles. The Morgan fingerprint density at radius 1 is 0.804 bits per heavy atom. The van der Waals surface area contributed by atoms with Gasteiger partial charge in [0.25, 0.3) is 5.84 Å². The summed E-state index contributed by atoms with van der Waals surface area (Å²) in [5.74, 6) is 1.95. The van der Waals surface area contributed by atoms with Crippen molar-refractivity contribution in [1.82, 2.24) is 5.32 Å². The molecule has 0 amide bonds. The van der Waals surface area contributed by atoms with Crippen molar-refractivity contribution in [3.05, 3.63) is 168 Å². The second-order valence-electron chi connectivity index (χ2n) is 12.8. The minimum Gasteiger partial charge on any atom is -0.308 e. The van der Waals surface area contributed by atoms with E-state index in [1.54, 1.807) is 0 Å². The molecule has 3 unspecified atom stereocenters. The number of nitrogens with one attached hydrogen (secondary N) is 2. The fourth-order valence-corrected chi connectivity index (χ4v) is 7.05. The molecule has 0 saturated heterocycles. The molecule has 0 saturated carbocycles. The van der Waals surface area contributed by atoms with Crippen LogP contribution in [-0.4, -0.2) is 11.7 Å². The van der Waals surface area contributed by atoms with Crippen molar-refractivity contribution < 1.29 is 10.3 Å². The molecule has 0 aromatic heterocycles. The summed E-state index contributed by atoms with van der Waals surface area (Å²) in [4.78, 5) is 9.02. The summed E-state index contributed by atoms with van der Waals surface area (Å²) in [5.41, 5.74) is 7.09. The molecule has 8 rings (SSSR count). The highest BCUT2D eigenvalue weighted by Gasteiger charge is 2.37. The van der Waals surface area contributed by atoms with Gasteiger partial charge in [-0.3, -0.25) is 0 Å². The first-order valence-corrected chi connectivity index (χ1v) is 16.2. The number of amidine groups is 2. The summed E-state index contributed by atoms with van der Waals surface area (Å²) in [6.45, 7) is 4.45. The number of fused-ring (bicyclic) bond motifs is 3. The summed E-state index contributed by atoms with van der Waals surface area (Å²) in [7, 11) is 0. The van der Waals surface area contributed by atoms with E-state index in [0.717, 1.165) is 29.2 Å². The largest absolute Gasteiger partial charge is 0.308 e. The maximum atomic E-state index is 5.25. The lowest BCUT2D eigenvalue weighted by molar-refractivity contribution is -0.640. The van der Waals surface area contributed by atoms with Crippen LogP contribution in [0.5, 0.6) is 0 Å². The van der Waals surface area contributed by atoms with Gasteiger partial charge < -0.3 is 5.32 Å². The highest BCUT2D eigenvalue weighted by molar-refractivity contribution is 6.15. The van der Waals surface area contributed by atoms with Gasteiger partial charge in [-0.1, -0.05) is 115 Å². The first-order chi connectivity index (χ1) is 22.6. The lowest BCUT2D eigenvalue weighted by atomic mass is 9.81. The fraction of sp³-hybridized carbons (Fsp3) is 0.143. The Labute approximate surface area is 270 Å². The van der Waals surface area contributed by atoms with E-state index in [-0.39, 0.29) is 17.6 Å². The highest BCUT2D eigenvalue weighted by Crippen LogP contribution is 2.39. The predicted octanol–water partition coefficient (Wildman–Crippen LogP) is 6.79. The number of rotatable bonds is 5.